The molecule has 0 aliphatic carbocycles. The van der Waals surface area contributed by atoms with Crippen molar-refractivity contribution < 1.29 is 4.74 Å². The predicted molar refractivity (Wildman–Crippen MR) is 128 cm³/mol. The number of thiazole rings is 1. The van der Waals surface area contributed by atoms with E-state index in [0.29, 0.717) is 6.61 Å². The summed E-state index contributed by atoms with van der Waals surface area (Å²) in [7, 11) is 0. The molecule has 0 spiro atoms. The normalized spacial score (nSPS) is 22.4. The van der Waals surface area contributed by atoms with Crippen LogP contribution in [0.3, 0.4) is 0 Å². The van der Waals surface area contributed by atoms with Gasteiger partial charge in [0.25, 0.3) is 0 Å². The molecule has 33 heavy (non-hydrogen) atoms. The molecular weight excluding hydrogens is 436 g/mol. The zero-order valence-corrected chi connectivity index (χ0v) is 18.9. The molecule has 6 rings (SSSR count). The number of hydrogen-bond acceptors (Lipinski definition) is 7. The number of aryl methyl sites for hydroxylation is 1. The highest BCUT2D eigenvalue weighted by molar-refractivity contribution is 7.15. The molecule has 2 unspecified atom stereocenters. The quantitative estimate of drug-likeness (QED) is 0.469. The molecule has 1 fully saturated rings. The van der Waals surface area contributed by atoms with Crippen LogP contribution in [0.1, 0.15) is 29.8 Å². The lowest BCUT2D eigenvalue weighted by atomic mass is 9.93. The SMILES string of the molecule is Cc1[nH]n2ccc(=O)cc2c1-c1nc(-c2ccccc2)c(C2(C3CCCCO3)N=CN=N2)s1. The molecule has 9 heteroatoms. The first-order valence-corrected chi connectivity index (χ1v) is 11.8. The Kier molecular flexibility index (Phi) is 4.81. The number of hydrogen-bond donors (Lipinski definition) is 1. The van der Waals surface area contributed by atoms with Gasteiger partial charge in [-0.15, -0.1) is 21.6 Å². The van der Waals surface area contributed by atoms with E-state index in [2.05, 4.69) is 15.3 Å². The van der Waals surface area contributed by atoms with Gasteiger partial charge in [-0.05, 0) is 26.2 Å². The number of aliphatic imine (C=N–C) groups is 1. The van der Waals surface area contributed by atoms with E-state index in [4.69, 9.17) is 14.7 Å². The Balaban J connectivity index is 1.60. The molecule has 5 heterocycles. The molecule has 0 radical (unpaired) electrons. The molecule has 2 atom stereocenters. The Bertz CT molecular complexity index is 1430. The van der Waals surface area contributed by atoms with E-state index in [1.54, 1.807) is 29.7 Å². The van der Waals surface area contributed by atoms with Crippen LogP contribution >= 0.6 is 11.3 Å². The zero-order valence-electron chi connectivity index (χ0n) is 18.1. The number of H-pyrrole nitrogens is 1. The maximum absolute atomic E-state index is 12.1. The van der Waals surface area contributed by atoms with Crippen molar-refractivity contribution in [1.82, 2.24) is 14.6 Å². The van der Waals surface area contributed by atoms with Gasteiger partial charge in [0.1, 0.15) is 17.5 Å². The number of benzene rings is 1. The van der Waals surface area contributed by atoms with Gasteiger partial charge in [-0.2, -0.15) is 0 Å². The third kappa shape index (κ3) is 3.27. The van der Waals surface area contributed by atoms with Crippen LogP contribution in [0.15, 0.2) is 68.7 Å². The van der Waals surface area contributed by atoms with Crippen molar-refractivity contribution in [1.29, 1.82) is 0 Å². The molecule has 2 aliphatic heterocycles. The summed E-state index contributed by atoms with van der Waals surface area (Å²) in [5, 5.41) is 12.9. The lowest BCUT2D eigenvalue weighted by molar-refractivity contribution is -0.0305. The van der Waals surface area contributed by atoms with Crippen LogP contribution in [0, 0.1) is 6.92 Å². The number of rotatable bonds is 4. The molecule has 1 aromatic carbocycles. The van der Waals surface area contributed by atoms with E-state index in [-0.39, 0.29) is 11.5 Å². The third-order valence-corrected chi connectivity index (χ3v) is 7.40. The van der Waals surface area contributed by atoms with Crippen LogP contribution in [0.4, 0.5) is 0 Å². The standard InChI is InChI=1S/C24H22N6O2S/c1-15-20(18-13-17(31)10-11-30(18)28-15)23-27-21(16-7-3-2-4-8-16)22(33-23)24(25-14-26-29-24)19-9-5-6-12-32-19/h2-4,7-8,10-11,13-14,19,28H,5-6,9,12H2,1H3. The number of pyridine rings is 1. The summed E-state index contributed by atoms with van der Waals surface area (Å²) in [5.74, 6) is 0. The van der Waals surface area contributed by atoms with Crippen molar-refractivity contribution in [2.45, 2.75) is 38.0 Å². The monoisotopic (exact) mass is 458 g/mol. The van der Waals surface area contributed by atoms with Crippen LogP contribution in [0.5, 0.6) is 0 Å². The Morgan fingerprint density at radius 1 is 1.21 bits per heavy atom. The van der Waals surface area contributed by atoms with Gasteiger partial charge < -0.3 is 4.74 Å². The summed E-state index contributed by atoms with van der Waals surface area (Å²) in [6.45, 7) is 2.68. The average Bonchev–Trinajstić information content (AvgIpc) is 3.57. The second-order valence-corrected chi connectivity index (χ2v) is 9.33. The number of aromatic nitrogens is 3. The van der Waals surface area contributed by atoms with Gasteiger partial charge in [0.2, 0.25) is 5.66 Å². The summed E-state index contributed by atoms with van der Waals surface area (Å²) in [6, 6.07) is 13.2. The molecule has 4 aromatic rings. The van der Waals surface area contributed by atoms with Gasteiger partial charge in [0, 0.05) is 36.2 Å². The van der Waals surface area contributed by atoms with Gasteiger partial charge in [-0.3, -0.25) is 14.4 Å². The van der Waals surface area contributed by atoms with E-state index in [9.17, 15) is 4.79 Å². The van der Waals surface area contributed by atoms with Gasteiger partial charge >= 0.3 is 0 Å². The van der Waals surface area contributed by atoms with Crippen molar-refractivity contribution in [2.24, 2.45) is 15.2 Å². The third-order valence-electron chi connectivity index (χ3n) is 6.21. The van der Waals surface area contributed by atoms with Gasteiger partial charge in [-0.1, -0.05) is 30.3 Å². The number of nitrogens with zero attached hydrogens (tertiary/aromatic N) is 5. The fourth-order valence-corrected chi connectivity index (χ4v) is 5.97. The van der Waals surface area contributed by atoms with E-state index < -0.39 is 5.66 Å². The second kappa shape index (κ2) is 7.86. The van der Waals surface area contributed by atoms with E-state index in [0.717, 1.165) is 57.2 Å². The largest absolute Gasteiger partial charge is 0.373 e. The summed E-state index contributed by atoms with van der Waals surface area (Å²) in [5.41, 5.74) is 3.44. The first kappa shape index (κ1) is 20.2. The van der Waals surface area contributed by atoms with E-state index in [1.807, 2.05) is 41.8 Å². The molecule has 2 aliphatic rings. The lowest BCUT2D eigenvalue weighted by Gasteiger charge is -2.33. The first-order chi connectivity index (χ1) is 16.2. The van der Waals surface area contributed by atoms with Crippen LogP contribution < -0.4 is 5.43 Å². The van der Waals surface area contributed by atoms with Gasteiger partial charge in [0.05, 0.1) is 21.7 Å². The Hall–Kier alpha value is -3.43. The van der Waals surface area contributed by atoms with Crippen molar-refractivity contribution in [3.05, 3.63) is 69.5 Å². The van der Waals surface area contributed by atoms with Gasteiger partial charge in [0.15, 0.2) is 5.43 Å². The minimum absolute atomic E-state index is 0.0448. The van der Waals surface area contributed by atoms with Crippen LogP contribution in [0.25, 0.3) is 27.3 Å². The fourth-order valence-electron chi connectivity index (χ4n) is 4.65. The number of ether oxygens (including phenoxy) is 1. The van der Waals surface area contributed by atoms with E-state index >= 15 is 0 Å². The van der Waals surface area contributed by atoms with Crippen LogP contribution in [-0.4, -0.2) is 33.6 Å². The molecule has 0 saturated carbocycles. The first-order valence-electron chi connectivity index (χ1n) is 11.0. The van der Waals surface area contributed by atoms with Crippen molar-refractivity contribution in [3.63, 3.8) is 0 Å². The Labute approximate surface area is 193 Å². The molecule has 0 bridgehead atoms. The van der Waals surface area contributed by atoms with Crippen molar-refractivity contribution in [2.75, 3.05) is 6.61 Å². The molecule has 3 aromatic heterocycles. The number of fused-ring (bicyclic) bond motifs is 1. The highest BCUT2D eigenvalue weighted by Crippen LogP contribution is 2.48. The zero-order chi connectivity index (χ0) is 22.4. The molecule has 1 saturated heterocycles. The number of azo groups is 1. The molecule has 0 amide bonds. The maximum atomic E-state index is 12.1. The predicted octanol–water partition coefficient (Wildman–Crippen LogP) is 4.94. The van der Waals surface area contributed by atoms with Crippen LogP contribution in [0.2, 0.25) is 0 Å². The molecule has 166 valence electrons. The topological polar surface area (TPSA) is 96.5 Å². The van der Waals surface area contributed by atoms with Crippen LogP contribution in [-0.2, 0) is 10.4 Å². The Morgan fingerprint density at radius 3 is 2.85 bits per heavy atom. The van der Waals surface area contributed by atoms with Crippen molar-refractivity contribution in [3.8, 4) is 21.8 Å². The minimum atomic E-state index is -0.946. The summed E-state index contributed by atoms with van der Waals surface area (Å²) in [4.78, 5) is 22.9. The minimum Gasteiger partial charge on any atom is -0.373 e. The summed E-state index contributed by atoms with van der Waals surface area (Å²) < 4.78 is 8.03. The molecular formula is C24H22N6O2S. The molecule has 1 N–H and O–H groups in total. The average molecular weight is 459 g/mol. The molecule has 8 nitrogen and oxygen atoms in total. The fraction of sp³-hybridized carbons (Fsp3) is 0.292. The summed E-state index contributed by atoms with van der Waals surface area (Å²) >= 11 is 1.54. The smallest absolute Gasteiger partial charge is 0.234 e. The Morgan fingerprint density at radius 2 is 2.09 bits per heavy atom. The van der Waals surface area contributed by atoms with Gasteiger partial charge in [-0.25, -0.2) is 9.98 Å². The summed E-state index contributed by atoms with van der Waals surface area (Å²) in [6.07, 6.45) is 6.02. The number of aromatic amines is 1. The van der Waals surface area contributed by atoms with E-state index in [1.165, 1.54) is 6.34 Å². The lowest BCUT2D eigenvalue weighted by Crippen LogP contribution is -2.39. The van der Waals surface area contributed by atoms with Crippen molar-refractivity contribution >= 4 is 23.2 Å². The second-order valence-electron chi connectivity index (χ2n) is 8.33. The highest BCUT2D eigenvalue weighted by atomic mass is 32.1. The highest BCUT2D eigenvalue weighted by Gasteiger charge is 2.48. The number of nitrogens with one attached hydrogen (secondary N) is 1. The maximum Gasteiger partial charge on any atom is 0.234 e.